The summed E-state index contributed by atoms with van der Waals surface area (Å²) in [6.07, 6.45) is 0. The van der Waals surface area contributed by atoms with Gasteiger partial charge in [0.05, 0.1) is 16.7 Å². The summed E-state index contributed by atoms with van der Waals surface area (Å²) in [5.41, 5.74) is 20.7. The Morgan fingerprint density at radius 2 is 0.580 bits per heavy atom. The summed E-state index contributed by atoms with van der Waals surface area (Å²) in [7, 11) is 0. The van der Waals surface area contributed by atoms with Crippen LogP contribution in [0.2, 0.25) is 0 Å². The first kappa shape index (κ1) is 39.0. The Hall–Kier alpha value is -9.18. The van der Waals surface area contributed by atoms with Crippen LogP contribution in [-0.2, 0) is 0 Å². The van der Waals surface area contributed by atoms with Gasteiger partial charge in [0, 0.05) is 43.4 Å². The van der Waals surface area contributed by atoms with Gasteiger partial charge in [0.2, 0.25) is 0 Å². The van der Waals surface area contributed by atoms with Crippen molar-refractivity contribution in [3.8, 4) is 72.4 Å². The van der Waals surface area contributed by atoms with Gasteiger partial charge >= 0.3 is 0 Å². The van der Waals surface area contributed by atoms with E-state index in [4.69, 9.17) is 8.83 Å². The molecule has 3 aromatic heterocycles. The molecule has 0 unspecified atom stereocenters. The minimum atomic E-state index is 0.860. The second-order valence-electron chi connectivity index (χ2n) is 17.9. The van der Waals surface area contributed by atoms with Crippen LogP contribution in [0.1, 0.15) is 0 Å². The van der Waals surface area contributed by atoms with E-state index in [-0.39, 0.29) is 0 Å². The zero-order valence-corrected chi connectivity index (χ0v) is 37.4. The molecule has 0 saturated heterocycles. The van der Waals surface area contributed by atoms with Gasteiger partial charge in [-0.25, -0.2) is 0 Å². The highest BCUT2D eigenvalue weighted by Gasteiger charge is 2.25. The molecule has 14 rings (SSSR count). The van der Waals surface area contributed by atoms with Crippen molar-refractivity contribution in [3.63, 3.8) is 0 Å². The Labute approximate surface area is 398 Å². The molecule has 3 nitrogen and oxygen atoms in total. The first-order valence-electron chi connectivity index (χ1n) is 23.6. The number of nitrogens with zero attached hydrogens (tertiary/aromatic N) is 1. The quantitative estimate of drug-likeness (QED) is 0.160. The van der Waals surface area contributed by atoms with Gasteiger partial charge in [0.1, 0.15) is 22.3 Å². The molecule has 322 valence electrons. The number of hydrogen-bond acceptors (Lipinski definition) is 2. The summed E-state index contributed by atoms with van der Waals surface area (Å²) in [6.45, 7) is 0. The molecule has 69 heavy (non-hydrogen) atoms. The molecule has 0 amide bonds. The zero-order chi connectivity index (χ0) is 45.4. The third-order valence-electron chi connectivity index (χ3n) is 14.1. The molecular weight excluding hydrogens is 839 g/mol. The van der Waals surface area contributed by atoms with Crippen molar-refractivity contribution >= 4 is 65.7 Å². The molecule has 14 aromatic rings. The van der Waals surface area contributed by atoms with E-state index in [1.54, 1.807) is 0 Å². The van der Waals surface area contributed by atoms with E-state index in [2.05, 4.69) is 241 Å². The van der Waals surface area contributed by atoms with Crippen LogP contribution in [0, 0.1) is 0 Å². The van der Waals surface area contributed by atoms with Crippen molar-refractivity contribution in [1.29, 1.82) is 0 Å². The van der Waals surface area contributed by atoms with Crippen molar-refractivity contribution in [2.24, 2.45) is 0 Å². The first-order chi connectivity index (χ1) is 34.2. The molecule has 0 bridgehead atoms. The van der Waals surface area contributed by atoms with Crippen LogP contribution in [0.5, 0.6) is 0 Å². The number of aromatic nitrogens is 1. The largest absolute Gasteiger partial charge is 0.456 e. The van der Waals surface area contributed by atoms with Crippen LogP contribution >= 0.6 is 0 Å². The maximum Gasteiger partial charge on any atom is 0.136 e. The Morgan fingerprint density at radius 3 is 1.04 bits per heavy atom. The topological polar surface area (TPSA) is 31.2 Å². The number of rotatable bonds is 7. The van der Waals surface area contributed by atoms with Crippen LogP contribution in [0.15, 0.2) is 258 Å². The minimum Gasteiger partial charge on any atom is -0.456 e. The normalized spacial score (nSPS) is 11.8. The van der Waals surface area contributed by atoms with Gasteiger partial charge in [-0.2, -0.15) is 0 Å². The molecule has 0 spiro atoms. The molecule has 0 aliphatic rings. The molecular formula is C66H41NO2. The second-order valence-corrected chi connectivity index (χ2v) is 17.9. The summed E-state index contributed by atoms with van der Waals surface area (Å²) < 4.78 is 15.7. The van der Waals surface area contributed by atoms with E-state index < -0.39 is 0 Å². The van der Waals surface area contributed by atoms with E-state index in [0.29, 0.717) is 0 Å². The second kappa shape index (κ2) is 15.7. The Balaban J connectivity index is 1.12. The number of hydrogen-bond donors (Lipinski definition) is 0. The van der Waals surface area contributed by atoms with Gasteiger partial charge in [0.25, 0.3) is 0 Å². The van der Waals surface area contributed by atoms with E-state index in [1.165, 1.54) is 44.2 Å². The van der Waals surface area contributed by atoms with Crippen molar-refractivity contribution in [3.05, 3.63) is 249 Å². The lowest BCUT2D eigenvalue weighted by atomic mass is 9.91. The van der Waals surface area contributed by atoms with Crippen molar-refractivity contribution in [2.75, 3.05) is 0 Å². The molecule has 0 fully saturated rings. The predicted octanol–water partition coefficient (Wildman–Crippen LogP) is 18.6. The van der Waals surface area contributed by atoms with Gasteiger partial charge in [-0.3, -0.25) is 0 Å². The Morgan fingerprint density at radius 1 is 0.232 bits per heavy atom. The highest BCUT2D eigenvalue weighted by atomic mass is 16.3. The molecule has 3 heteroatoms. The lowest BCUT2D eigenvalue weighted by Crippen LogP contribution is -2.01. The van der Waals surface area contributed by atoms with Gasteiger partial charge in [-0.15, -0.1) is 0 Å². The number of benzene rings is 11. The van der Waals surface area contributed by atoms with Crippen LogP contribution in [0.3, 0.4) is 0 Å². The van der Waals surface area contributed by atoms with E-state index in [0.717, 1.165) is 94.0 Å². The smallest absolute Gasteiger partial charge is 0.136 e. The molecule has 0 atom stereocenters. The standard InChI is InChI=1S/C66H41NO2/c1-3-18-42(19-4-1)46-22-7-9-24-48(46)44-36-38-58-56(40-44)57-41-45(49-25-10-8-23-47(49)43-20-5-2-6-21-43)37-39-59(57)67(58)66-52(50-28-16-34-62-64(50)54-26-11-13-32-60(54)68-62)30-15-31-53(66)51-29-17-35-63-65(51)55-27-12-14-33-61(55)69-63/h1-41H. The van der Waals surface area contributed by atoms with Gasteiger partial charge in [0.15, 0.2) is 0 Å². The lowest BCUT2D eigenvalue weighted by Gasteiger charge is -2.20. The number of furan rings is 2. The molecule has 11 aromatic carbocycles. The van der Waals surface area contributed by atoms with E-state index >= 15 is 0 Å². The van der Waals surface area contributed by atoms with Crippen LogP contribution in [-0.4, -0.2) is 4.57 Å². The highest BCUT2D eigenvalue weighted by molar-refractivity contribution is 6.18. The summed E-state index contributed by atoms with van der Waals surface area (Å²) >= 11 is 0. The lowest BCUT2D eigenvalue weighted by molar-refractivity contribution is 0.668. The zero-order valence-electron chi connectivity index (χ0n) is 37.4. The van der Waals surface area contributed by atoms with Gasteiger partial charge < -0.3 is 13.4 Å². The minimum absolute atomic E-state index is 0.860. The monoisotopic (exact) mass is 879 g/mol. The molecule has 0 N–H and O–H groups in total. The third kappa shape index (κ3) is 6.21. The highest BCUT2D eigenvalue weighted by Crippen LogP contribution is 2.48. The first-order valence-corrected chi connectivity index (χ1v) is 23.6. The molecule has 0 aliphatic carbocycles. The van der Waals surface area contributed by atoms with Gasteiger partial charge in [-0.05, 0) is 104 Å². The third-order valence-corrected chi connectivity index (χ3v) is 14.1. The van der Waals surface area contributed by atoms with E-state index in [9.17, 15) is 0 Å². The summed E-state index contributed by atoms with van der Waals surface area (Å²) in [5, 5.41) is 6.71. The van der Waals surface area contributed by atoms with Crippen molar-refractivity contribution in [1.82, 2.24) is 4.57 Å². The molecule has 0 saturated carbocycles. The fourth-order valence-electron chi connectivity index (χ4n) is 11.0. The maximum atomic E-state index is 6.57. The SMILES string of the molecule is c1ccc(-c2ccccc2-c2ccc3c(c2)c2cc(-c4ccccc4-c4ccccc4)ccc2n3-c2c(-c3cccc4oc5ccccc5c34)cccc2-c2cccc3oc4ccccc4c23)cc1. The average Bonchev–Trinajstić information content (AvgIpc) is 4.10. The van der Waals surface area contributed by atoms with Crippen LogP contribution in [0.25, 0.3) is 138 Å². The predicted molar refractivity (Wildman–Crippen MR) is 288 cm³/mol. The summed E-state index contributed by atoms with van der Waals surface area (Å²) in [5.74, 6) is 0. The van der Waals surface area contributed by atoms with Crippen molar-refractivity contribution < 1.29 is 8.83 Å². The number of para-hydroxylation sites is 3. The maximum absolute atomic E-state index is 6.57. The molecule has 0 radical (unpaired) electrons. The Kier molecular flexibility index (Phi) is 8.90. The Bertz CT molecular complexity index is 4030. The van der Waals surface area contributed by atoms with Crippen molar-refractivity contribution in [2.45, 2.75) is 0 Å². The summed E-state index contributed by atoms with van der Waals surface area (Å²) in [4.78, 5) is 0. The van der Waals surface area contributed by atoms with Gasteiger partial charge in [-0.1, -0.05) is 200 Å². The fourth-order valence-corrected chi connectivity index (χ4v) is 11.0. The van der Waals surface area contributed by atoms with E-state index in [1.807, 2.05) is 12.1 Å². The molecule has 3 heterocycles. The fraction of sp³-hybridized carbons (Fsp3) is 0. The average molecular weight is 880 g/mol. The number of fused-ring (bicyclic) bond motifs is 9. The molecule has 0 aliphatic heterocycles. The van der Waals surface area contributed by atoms with Crippen LogP contribution < -0.4 is 0 Å². The summed E-state index contributed by atoms with van der Waals surface area (Å²) in [6, 6.07) is 89.6. The van der Waals surface area contributed by atoms with Crippen LogP contribution in [0.4, 0.5) is 0 Å².